The summed E-state index contributed by atoms with van der Waals surface area (Å²) in [6.07, 6.45) is 0.302. The Morgan fingerprint density at radius 3 is 2.62 bits per heavy atom. The van der Waals surface area contributed by atoms with E-state index in [1.54, 1.807) is 6.92 Å². The number of rotatable bonds is 2. The van der Waals surface area contributed by atoms with Crippen LogP contribution in [0, 0.1) is 0 Å². The van der Waals surface area contributed by atoms with E-state index in [9.17, 15) is 5.11 Å². The quantitative estimate of drug-likeness (QED) is 0.791. The lowest BCUT2D eigenvalue weighted by Gasteiger charge is -2.16. The Balaban J connectivity index is 2.27. The predicted molar refractivity (Wildman–Crippen MR) is 60.7 cm³/mol. The highest BCUT2D eigenvalue weighted by molar-refractivity contribution is 5.44. The van der Waals surface area contributed by atoms with Crippen LogP contribution < -0.4 is 15.2 Å². The predicted octanol–water partition coefficient (Wildman–Crippen LogP) is 1.23. The molecule has 0 radical (unpaired) electrons. The molecule has 0 bridgehead atoms. The zero-order valence-electron chi connectivity index (χ0n) is 9.35. The molecule has 4 nitrogen and oxygen atoms in total. The first-order chi connectivity index (χ1) is 7.68. The summed E-state index contributed by atoms with van der Waals surface area (Å²) in [4.78, 5) is 0. The van der Waals surface area contributed by atoms with Crippen LogP contribution in [0.25, 0.3) is 0 Å². The molecule has 1 aromatic rings. The van der Waals surface area contributed by atoms with Gasteiger partial charge in [0.15, 0.2) is 11.5 Å². The van der Waals surface area contributed by atoms with Crippen molar-refractivity contribution in [2.45, 2.75) is 25.5 Å². The zero-order valence-corrected chi connectivity index (χ0v) is 9.35. The normalized spacial score (nSPS) is 18.7. The Morgan fingerprint density at radius 2 is 1.94 bits per heavy atom. The van der Waals surface area contributed by atoms with Gasteiger partial charge in [0.25, 0.3) is 0 Å². The molecule has 0 aliphatic carbocycles. The van der Waals surface area contributed by atoms with E-state index in [2.05, 4.69) is 0 Å². The van der Waals surface area contributed by atoms with Crippen LogP contribution in [-0.2, 0) is 0 Å². The summed E-state index contributed by atoms with van der Waals surface area (Å²) >= 11 is 0. The molecule has 1 aromatic carbocycles. The second kappa shape index (κ2) is 4.72. The maximum absolute atomic E-state index is 9.44. The summed E-state index contributed by atoms with van der Waals surface area (Å²) in [5.41, 5.74) is 6.72. The van der Waals surface area contributed by atoms with E-state index in [1.807, 2.05) is 18.2 Å². The van der Waals surface area contributed by atoms with Crippen molar-refractivity contribution in [3.8, 4) is 11.5 Å². The van der Waals surface area contributed by atoms with Crippen LogP contribution in [0.5, 0.6) is 11.5 Å². The van der Waals surface area contributed by atoms with Gasteiger partial charge in [0.05, 0.1) is 25.4 Å². The summed E-state index contributed by atoms with van der Waals surface area (Å²) in [5.74, 6) is 1.46. The first-order valence-electron chi connectivity index (χ1n) is 5.51. The van der Waals surface area contributed by atoms with Gasteiger partial charge in [-0.2, -0.15) is 0 Å². The van der Waals surface area contributed by atoms with Crippen molar-refractivity contribution in [3.05, 3.63) is 23.8 Å². The SMILES string of the molecule is CC(O)C(N)c1ccc2c(c1)OCCCO2. The van der Waals surface area contributed by atoms with Crippen LogP contribution in [0.2, 0.25) is 0 Å². The molecule has 1 heterocycles. The molecule has 1 aliphatic rings. The minimum Gasteiger partial charge on any atom is -0.490 e. The Bertz CT molecular complexity index is 365. The number of aliphatic hydroxyl groups excluding tert-OH is 1. The first kappa shape index (κ1) is 11.2. The fourth-order valence-electron chi connectivity index (χ4n) is 1.67. The maximum atomic E-state index is 9.44. The smallest absolute Gasteiger partial charge is 0.161 e. The highest BCUT2D eigenvalue weighted by atomic mass is 16.5. The molecular weight excluding hydrogens is 206 g/mol. The Morgan fingerprint density at radius 1 is 1.25 bits per heavy atom. The van der Waals surface area contributed by atoms with Gasteiger partial charge in [0.2, 0.25) is 0 Å². The topological polar surface area (TPSA) is 64.7 Å². The molecule has 0 spiro atoms. The first-order valence-corrected chi connectivity index (χ1v) is 5.51. The van der Waals surface area contributed by atoms with Crippen molar-refractivity contribution in [1.29, 1.82) is 0 Å². The Hall–Kier alpha value is -1.26. The van der Waals surface area contributed by atoms with Gasteiger partial charge >= 0.3 is 0 Å². The minimum atomic E-state index is -0.579. The largest absolute Gasteiger partial charge is 0.490 e. The number of nitrogens with two attached hydrogens (primary N) is 1. The number of ether oxygens (including phenoxy) is 2. The van der Waals surface area contributed by atoms with Gasteiger partial charge in [0, 0.05) is 6.42 Å². The van der Waals surface area contributed by atoms with Gasteiger partial charge in [0.1, 0.15) is 0 Å². The summed E-state index contributed by atoms with van der Waals surface area (Å²) in [5, 5.41) is 9.44. The number of hydrogen-bond donors (Lipinski definition) is 2. The maximum Gasteiger partial charge on any atom is 0.161 e. The molecule has 2 rings (SSSR count). The molecule has 0 amide bonds. The Labute approximate surface area is 95.0 Å². The average molecular weight is 223 g/mol. The van der Waals surface area contributed by atoms with Crippen molar-refractivity contribution >= 4 is 0 Å². The summed E-state index contributed by atoms with van der Waals surface area (Å²) in [6, 6.07) is 5.17. The van der Waals surface area contributed by atoms with Crippen molar-refractivity contribution in [2.75, 3.05) is 13.2 Å². The van der Waals surface area contributed by atoms with E-state index < -0.39 is 12.1 Å². The van der Waals surface area contributed by atoms with E-state index >= 15 is 0 Å². The van der Waals surface area contributed by atoms with Gasteiger partial charge in [-0.1, -0.05) is 6.07 Å². The van der Waals surface area contributed by atoms with Gasteiger partial charge < -0.3 is 20.3 Å². The molecule has 0 saturated carbocycles. The highest BCUT2D eigenvalue weighted by Gasteiger charge is 2.16. The van der Waals surface area contributed by atoms with E-state index in [0.29, 0.717) is 19.0 Å². The van der Waals surface area contributed by atoms with Gasteiger partial charge in [-0.15, -0.1) is 0 Å². The van der Waals surface area contributed by atoms with Crippen LogP contribution in [0.3, 0.4) is 0 Å². The highest BCUT2D eigenvalue weighted by Crippen LogP contribution is 2.32. The van der Waals surface area contributed by atoms with Crippen LogP contribution in [-0.4, -0.2) is 24.4 Å². The molecule has 4 heteroatoms. The lowest BCUT2D eigenvalue weighted by Crippen LogP contribution is -2.23. The molecule has 2 unspecified atom stereocenters. The number of fused-ring (bicyclic) bond motifs is 1. The number of hydrogen-bond acceptors (Lipinski definition) is 4. The lowest BCUT2D eigenvalue weighted by atomic mass is 10.0. The summed E-state index contributed by atoms with van der Waals surface area (Å²) < 4.78 is 11.1. The minimum absolute atomic E-state index is 0.392. The van der Waals surface area contributed by atoms with E-state index in [1.165, 1.54) is 0 Å². The van der Waals surface area contributed by atoms with Gasteiger partial charge in [-0.25, -0.2) is 0 Å². The van der Waals surface area contributed by atoms with E-state index in [4.69, 9.17) is 15.2 Å². The van der Waals surface area contributed by atoms with Crippen LogP contribution in [0.1, 0.15) is 24.9 Å². The molecule has 0 saturated heterocycles. The van der Waals surface area contributed by atoms with Crippen molar-refractivity contribution in [3.63, 3.8) is 0 Å². The zero-order chi connectivity index (χ0) is 11.5. The molecule has 3 N–H and O–H groups in total. The third kappa shape index (κ3) is 2.28. The second-order valence-corrected chi connectivity index (χ2v) is 4.02. The molecule has 1 aliphatic heterocycles. The van der Waals surface area contributed by atoms with E-state index in [0.717, 1.165) is 17.7 Å². The van der Waals surface area contributed by atoms with Crippen molar-refractivity contribution < 1.29 is 14.6 Å². The molecule has 88 valence electrons. The van der Waals surface area contributed by atoms with Crippen molar-refractivity contribution in [1.82, 2.24) is 0 Å². The molecular formula is C12H17NO3. The molecule has 16 heavy (non-hydrogen) atoms. The van der Waals surface area contributed by atoms with Crippen LogP contribution in [0.15, 0.2) is 18.2 Å². The van der Waals surface area contributed by atoms with Crippen LogP contribution >= 0.6 is 0 Å². The molecule has 0 fully saturated rings. The summed E-state index contributed by atoms with van der Waals surface area (Å²) in [6.45, 7) is 3.00. The van der Waals surface area contributed by atoms with E-state index in [-0.39, 0.29) is 0 Å². The molecule has 2 atom stereocenters. The lowest BCUT2D eigenvalue weighted by molar-refractivity contribution is 0.164. The van der Waals surface area contributed by atoms with Crippen LogP contribution in [0.4, 0.5) is 0 Å². The van der Waals surface area contributed by atoms with Gasteiger partial charge in [-0.05, 0) is 24.6 Å². The van der Waals surface area contributed by atoms with Crippen molar-refractivity contribution in [2.24, 2.45) is 5.73 Å². The fourth-order valence-corrected chi connectivity index (χ4v) is 1.67. The van der Waals surface area contributed by atoms with Gasteiger partial charge in [-0.3, -0.25) is 0 Å². The third-order valence-electron chi connectivity index (χ3n) is 2.68. The fraction of sp³-hybridized carbons (Fsp3) is 0.500. The average Bonchev–Trinajstić information content (AvgIpc) is 2.51. The molecule has 0 aromatic heterocycles. The monoisotopic (exact) mass is 223 g/mol. The standard InChI is InChI=1S/C12H17NO3/c1-8(14)12(13)9-3-4-10-11(7-9)16-6-2-5-15-10/h3-4,7-8,12,14H,2,5-6,13H2,1H3. The number of benzene rings is 1. The number of aliphatic hydroxyl groups is 1. The summed E-state index contributed by atoms with van der Waals surface area (Å²) in [7, 11) is 0. The Kier molecular flexibility index (Phi) is 3.31. The third-order valence-corrected chi connectivity index (χ3v) is 2.68. The second-order valence-electron chi connectivity index (χ2n) is 4.02.